The van der Waals surface area contributed by atoms with Crippen LogP contribution in [0.25, 0.3) is 0 Å². The summed E-state index contributed by atoms with van der Waals surface area (Å²) >= 11 is 0. The van der Waals surface area contributed by atoms with Crippen molar-refractivity contribution in [3.05, 3.63) is 53.1 Å². The van der Waals surface area contributed by atoms with E-state index in [-0.39, 0.29) is 7.53 Å². The lowest BCUT2D eigenvalue weighted by Crippen LogP contribution is -1.97. The molecular formula is C13H13NP+. The van der Waals surface area contributed by atoms with Crippen LogP contribution in [0.15, 0.2) is 42.5 Å². The molecule has 3 rings (SSSR count). The first-order chi connectivity index (χ1) is 7.34. The lowest BCUT2D eigenvalue weighted by molar-refractivity contribution is -0.435. The van der Waals surface area contributed by atoms with E-state index in [1.165, 1.54) is 11.0 Å². The molecule has 0 saturated heterocycles. The Kier molecular flexibility index (Phi) is 2.00. The lowest BCUT2D eigenvalue weighted by Gasteiger charge is -1.97. The number of benzene rings is 1. The van der Waals surface area contributed by atoms with Crippen molar-refractivity contribution in [3.8, 4) is 0 Å². The van der Waals surface area contributed by atoms with Crippen molar-refractivity contribution in [3.63, 3.8) is 0 Å². The maximum Gasteiger partial charge on any atom is 0.205 e. The molecule has 1 aliphatic heterocycles. The zero-order chi connectivity index (χ0) is 10.3. The number of fused-ring (bicyclic) bond motifs is 1. The molecule has 1 nitrogen and oxygen atoms in total. The third kappa shape index (κ3) is 1.44. The molecule has 15 heavy (non-hydrogen) atoms. The lowest BCUT2D eigenvalue weighted by atomic mass is 10.3. The number of hydrogen-bond donors (Lipinski definition) is 0. The summed E-state index contributed by atoms with van der Waals surface area (Å²) in [5, 5.41) is 3.07. The topological polar surface area (TPSA) is 3.01 Å². The van der Waals surface area contributed by atoms with Crippen molar-refractivity contribution in [2.24, 2.45) is 0 Å². The highest BCUT2D eigenvalue weighted by Gasteiger charge is 2.22. The van der Waals surface area contributed by atoms with Gasteiger partial charge in [0.25, 0.3) is 0 Å². The minimum atomic E-state index is -0.0246. The van der Waals surface area contributed by atoms with Crippen LogP contribution in [0.5, 0.6) is 0 Å². The van der Waals surface area contributed by atoms with E-state index in [1.807, 2.05) is 0 Å². The Morgan fingerprint density at radius 3 is 2.60 bits per heavy atom. The molecule has 0 aliphatic carbocycles. The zero-order valence-electron chi connectivity index (χ0n) is 8.72. The van der Waals surface area contributed by atoms with Crippen LogP contribution in [0.1, 0.15) is 10.6 Å². The van der Waals surface area contributed by atoms with E-state index in [2.05, 4.69) is 60.2 Å². The van der Waals surface area contributed by atoms with E-state index in [0.717, 1.165) is 6.29 Å². The van der Waals surface area contributed by atoms with Crippen LogP contribution in [0, 0.1) is 6.92 Å². The maximum absolute atomic E-state index is 2.37. The van der Waals surface area contributed by atoms with Crippen LogP contribution in [0.4, 0.5) is 5.69 Å². The van der Waals surface area contributed by atoms with Crippen LogP contribution in [0.3, 0.4) is 0 Å². The van der Waals surface area contributed by atoms with E-state index in [1.54, 1.807) is 5.30 Å². The maximum atomic E-state index is 2.37. The SMILES string of the molecule is Cc1ccc2p1C[N+](c1ccccc1)=C2. The number of hydrogen-bond acceptors (Lipinski definition) is 0. The summed E-state index contributed by atoms with van der Waals surface area (Å²) < 4.78 is 2.37. The van der Waals surface area contributed by atoms with E-state index in [0.29, 0.717) is 0 Å². The predicted molar refractivity (Wildman–Crippen MR) is 65.4 cm³/mol. The van der Waals surface area contributed by atoms with Gasteiger partial charge >= 0.3 is 0 Å². The molecule has 1 aromatic heterocycles. The van der Waals surface area contributed by atoms with Crippen molar-refractivity contribution < 1.29 is 4.58 Å². The van der Waals surface area contributed by atoms with Crippen molar-refractivity contribution in [2.75, 3.05) is 0 Å². The van der Waals surface area contributed by atoms with Crippen LogP contribution >= 0.6 is 7.53 Å². The molecule has 1 aromatic carbocycles. The molecule has 0 bridgehead atoms. The van der Waals surface area contributed by atoms with Gasteiger partial charge in [-0.2, -0.15) is 4.58 Å². The first kappa shape index (κ1) is 8.94. The first-order valence-corrected chi connectivity index (χ1v) is 6.70. The molecule has 2 aromatic rings. The van der Waals surface area contributed by atoms with Gasteiger partial charge in [-0.1, -0.05) is 24.3 Å². The molecule has 0 spiro atoms. The largest absolute Gasteiger partial charge is 0.205 e. The summed E-state index contributed by atoms with van der Waals surface area (Å²) in [6.07, 6.45) is 3.46. The minimum Gasteiger partial charge on any atom is -0.190 e. The highest BCUT2D eigenvalue weighted by atomic mass is 31.1. The first-order valence-electron chi connectivity index (χ1n) is 5.17. The minimum absolute atomic E-state index is 0.0246. The second-order valence-electron chi connectivity index (χ2n) is 3.90. The van der Waals surface area contributed by atoms with Gasteiger partial charge in [-0.25, -0.2) is 0 Å². The molecule has 1 aliphatic rings. The van der Waals surface area contributed by atoms with Gasteiger partial charge in [0.2, 0.25) is 5.69 Å². The van der Waals surface area contributed by atoms with Gasteiger partial charge in [-0.05, 0) is 25.8 Å². The average Bonchev–Trinajstić information content (AvgIpc) is 2.83. The van der Waals surface area contributed by atoms with Gasteiger partial charge in [0.1, 0.15) is 0 Å². The molecule has 1 unspecified atom stereocenters. The summed E-state index contributed by atoms with van der Waals surface area (Å²) in [6.45, 7) is 2.25. The number of aryl methyl sites for hydroxylation is 1. The van der Waals surface area contributed by atoms with Crippen LogP contribution < -0.4 is 0 Å². The van der Waals surface area contributed by atoms with Gasteiger partial charge < -0.3 is 0 Å². The summed E-state index contributed by atoms with van der Waals surface area (Å²) in [4.78, 5) is 0. The van der Waals surface area contributed by atoms with E-state index >= 15 is 0 Å². The zero-order valence-corrected chi connectivity index (χ0v) is 9.61. The Morgan fingerprint density at radius 2 is 1.87 bits per heavy atom. The van der Waals surface area contributed by atoms with Crippen molar-refractivity contribution in [1.29, 1.82) is 0 Å². The third-order valence-corrected chi connectivity index (χ3v) is 5.38. The van der Waals surface area contributed by atoms with E-state index < -0.39 is 0 Å². The highest BCUT2D eigenvalue weighted by molar-refractivity contribution is 7.51. The smallest absolute Gasteiger partial charge is 0.190 e. The van der Waals surface area contributed by atoms with Crippen molar-refractivity contribution in [2.45, 2.75) is 13.2 Å². The fourth-order valence-corrected chi connectivity index (χ4v) is 4.16. The Bertz CT molecular complexity index is 523. The molecule has 0 fully saturated rings. The molecule has 0 radical (unpaired) electrons. The quantitative estimate of drug-likeness (QED) is 0.636. The fourth-order valence-electron chi connectivity index (χ4n) is 2.02. The Labute approximate surface area is 90.8 Å². The molecule has 0 saturated carbocycles. The predicted octanol–water partition coefficient (Wildman–Crippen LogP) is 3.72. The number of rotatable bonds is 1. The van der Waals surface area contributed by atoms with Gasteiger partial charge in [0, 0.05) is 12.1 Å². The second kappa shape index (κ2) is 3.36. The Morgan fingerprint density at radius 1 is 1.07 bits per heavy atom. The summed E-state index contributed by atoms with van der Waals surface area (Å²) in [5.41, 5.74) is 1.31. The Hall–Kier alpha value is -1.33. The van der Waals surface area contributed by atoms with Gasteiger partial charge in [0.05, 0.1) is 5.30 Å². The fraction of sp³-hybridized carbons (Fsp3) is 0.154. The molecule has 2 heterocycles. The normalized spacial score (nSPS) is 15.0. The monoisotopic (exact) mass is 214 g/mol. The van der Waals surface area contributed by atoms with Crippen LogP contribution in [-0.2, 0) is 6.29 Å². The second-order valence-corrected chi connectivity index (χ2v) is 6.26. The van der Waals surface area contributed by atoms with Crippen LogP contribution in [-0.4, -0.2) is 10.8 Å². The summed E-state index contributed by atoms with van der Waals surface area (Å²) in [6, 6.07) is 15.1. The van der Waals surface area contributed by atoms with E-state index in [4.69, 9.17) is 0 Å². The van der Waals surface area contributed by atoms with Crippen LogP contribution in [0.2, 0.25) is 0 Å². The number of para-hydroxylation sites is 1. The van der Waals surface area contributed by atoms with Crippen molar-refractivity contribution >= 4 is 19.4 Å². The average molecular weight is 214 g/mol. The molecule has 0 N–H and O–H groups in total. The number of nitrogens with zero attached hydrogens (tertiary/aromatic N) is 1. The summed E-state index contributed by atoms with van der Waals surface area (Å²) in [5.74, 6) is 0. The molecule has 0 amide bonds. The van der Waals surface area contributed by atoms with E-state index in [9.17, 15) is 0 Å². The summed E-state index contributed by atoms with van der Waals surface area (Å²) in [7, 11) is -0.0246. The van der Waals surface area contributed by atoms with Crippen molar-refractivity contribution in [1.82, 2.24) is 0 Å². The molecular weight excluding hydrogens is 201 g/mol. The molecule has 74 valence electrons. The Balaban J connectivity index is 2.01. The van der Waals surface area contributed by atoms with Gasteiger partial charge in [-0.15, -0.1) is 0 Å². The standard InChI is InChI=1S/C13H13NP/c1-11-7-8-13-9-14(10-15(11)13)12-5-3-2-4-6-12/h2-9H,10H2,1H3/q+1. The molecule has 2 heteroatoms. The highest BCUT2D eigenvalue weighted by Crippen LogP contribution is 2.43. The van der Waals surface area contributed by atoms with Gasteiger partial charge in [0.15, 0.2) is 12.5 Å². The van der Waals surface area contributed by atoms with Gasteiger partial charge in [-0.3, -0.25) is 0 Å². The third-order valence-electron chi connectivity index (χ3n) is 2.90. The molecule has 1 atom stereocenters.